The lowest BCUT2D eigenvalue weighted by atomic mass is 10.3. The summed E-state index contributed by atoms with van der Waals surface area (Å²) >= 11 is 6.10. The van der Waals surface area contributed by atoms with Crippen molar-refractivity contribution in [3.63, 3.8) is 0 Å². The van der Waals surface area contributed by atoms with Gasteiger partial charge in [-0.15, -0.1) is 5.10 Å². The number of anilines is 1. The second-order valence-electron chi connectivity index (χ2n) is 5.64. The maximum Gasteiger partial charge on any atom is 0.279 e. The van der Waals surface area contributed by atoms with Crippen LogP contribution >= 0.6 is 11.6 Å². The SMILES string of the molecule is CC(C)Nc1cc(Cl)cn(-c2ccc(C3CC3)nn2)c1=O. The highest BCUT2D eigenvalue weighted by Gasteiger charge is 2.25. The van der Waals surface area contributed by atoms with Crippen molar-refractivity contribution < 1.29 is 0 Å². The molecule has 2 aromatic heterocycles. The normalized spacial score (nSPS) is 14.5. The summed E-state index contributed by atoms with van der Waals surface area (Å²) < 4.78 is 1.43. The van der Waals surface area contributed by atoms with Gasteiger partial charge < -0.3 is 5.32 Å². The third-order valence-electron chi connectivity index (χ3n) is 3.34. The monoisotopic (exact) mass is 304 g/mol. The van der Waals surface area contributed by atoms with Crippen LogP contribution in [0.1, 0.15) is 38.3 Å². The molecule has 0 radical (unpaired) electrons. The number of rotatable bonds is 4. The second-order valence-corrected chi connectivity index (χ2v) is 6.07. The Labute approximate surface area is 128 Å². The molecule has 110 valence electrons. The maximum absolute atomic E-state index is 12.5. The number of nitrogens with one attached hydrogen (secondary N) is 1. The first-order valence-corrected chi connectivity index (χ1v) is 7.45. The number of aromatic nitrogens is 3. The van der Waals surface area contributed by atoms with E-state index >= 15 is 0 Å². The molecule has 2 aromatic rings. The van der Waals surface area contributed by atoms with Crippen molar-refractivity contribution in [2.45, 2.75) is 38.6 Å². The molecule has 0 atom stereocenters. The molecule has 1 fully saturated rings. The molecule has 1 saturated carbocycles. The summed E-state index contributed by atoms with van der Waals surface area (Å²) in [7, 11) is 0. The third kappa shape index (κ3) is 3.08. The van der Waals surface area contributed by atoms with Crippen LogP contribution in [0.2, 0.25) is 5.02 Å². The Bertz CT molecular complexity index is 705. The van der Waals surface area contributed by atoms with Gasteiger partial charge in [-0.25, -0.2) is 0 Å². The van der Waals surface area contributed by atoms with Crippen LogP contribution in [-0.4, -0.2) is 20.8 Å². The highest BCUT2D eigenvalue weighted by Crippen LogP contribution is 2.38. The van der Waals surface area contributed by atoms with Crippen LogP contribution in [-0.2, 0) is 0 Å². The summed E-state index contributed by atoms with van der Waals surface area (Å²) in [4.78, 5) is 12.5. The van der Waals surface area contributed by atoms with Crippen molar-refractivity contribution in [1.82, 2.24) is 14.8 Å². The first-order valence-electron chi connectivity index (χ1n) is 7.07. The molecule has 1 aliphatic rings. The Morgan fingerprint density at radius 1 is 1.33 bits per heavy atom. The number of hydrogen-bond donors (Lipinski definition) is 1. The molecule has 0 aliphatic heterocycles. The molecular formula is C15H17ClN4O. The standard InChI is InChI=1S/C15H17ClN4O/c1-9(2)17-13-7-11(16)8-20(15(13)21)14-6-5-12(18-19-14)10-3-4-10/h5-10,17H,3-4H2,1-2H3. The minimum Gasteiger partial charge on any atom is -0.378 e. The highest BCUT2D eigenvalue weighted by atomic mass is 35.5. The average Bonchev–Trinajstić information content (AvgIpc) is 3.27. The van der Waals surface area contributed by atoms with Gasteiger partial charge in [0.25, 0.3) is 5.56 Å². The molecule has 1 N–H and O–H groups in total. The molecule has 0 amide bonds. The Morgan fingerprint density at radius 3 is 2.67 bits per heavy atom. The van der Waals surface area contributed by atoms with Gasteiger partial charge in [0.15, 0.2) is 5.82 Å². The summed E-state index contributed by atoms with van der Waals surface area (Å²) in [6, 6.07) is 5.53. The first kappa shape index (κ1) is 14.1. The molecular weight excluding hydrogens is 288 g/mol. The lowest BCUT2D eigenvalue weighted by Gasteiger charge is -2.12. The zero-order chi connectivity index (χ0) is 15.0. The van der Waals surface area contributed by atoms with E-state index in [0.29, 0.717) is 22.4 Å². The Kier molecular flexibility index (Phi) is 3.68. The van der Waals surface area contributed by atoms with Crippen molar-refractivity contribution in [1.29, 1.82) is 0 Å². The van der Waals surface area contributed by atoms with Crippen molar-refractivity contribution in [2.24, 2.45) is 0 Å². The van der Waals surface area contributed by atoms with Crippen LogP contribution in [0.3, 0.4) is 0 Å². The first-order chi connectivity index (χ1) is 10.0. The van der Waals surface area contributed by atoms with Crippen molar-refractivity contribution in [3.8, 4) is 5.82 Å². The number of hydrogen-bond acceptors (Lipinski definition) is 4. The quantitative estimate of drug-likeness (QED) is 0.943. The fraction of sp³-hybridized carbons (Fsp3) is 0.400. The summed E-state index contributed by atoms with van der Waals surface area (Å²) in [5.41, 5.74) is 1.28. The minimum atomic E-state index is -0.179. The van der Waals surface area contributed by atoms with E-state index in [1.165, 1.54) is 17.4 Å². The molecule has 0 unspecified atom stereocenters. The van der Waals surface area contributed by atoms with E-state index < -0.39 is 0 Å². The van der Waals surface area contributed by atoms with E-state index in [4.69, 9.17) is 11.6 Å². The van der Waals surface area contributed by atoms with Crippen LogP contribution in [0, 0.1) is 0 Å². The lowest BCUT2D eigenvalue weighted by Crippen LogP contribution is -2.25. The summed E-state index contributed by atoms with van der Waals surface area (Å²) in [6.07, 6.45) is 3.91. The zero-order valence-electron chi connectivity index (χ0n) is 12.0. The molecule has 0 spiro atoms. The predicted molar refractivity (Wildman–Crippen MR) is 83.4 cm³/mol. The van der Waals surface area contributed by atoms with Gasteiger partial charge >= 0.3 is 0 Å². The molecule has 5 nitrogen and oxygen atoms in total. The van der Waals surface area contributed by atoms with E-state index in [0.717, 1.165) is 5.69 Å². The van der Waals surface area contributed by atoms with Gasteiger partial charge in [-0.05, 0) is 44.9 Å². The second kappa shape index (κ2) is 5.48. The van der Waals surface area contributed by atoms with E-state index in [9.17, 15) is 4.79 Å². The van der Waals surface area contributed by atoms with Gasteiger partial charge in [-0.2, -0.15) is 5.10 Å². The van der Waals surface area contributed by atoms with Crippen molar-refractivity contribution in [2.75, 3.05) is 5.32 Å². The van der Waals surface area contributed by atoms with Crippen LogP contribution in [0.15, 0.2) is 29.2 Å². The smallest absolute Gasteiger partial charge is 0.279 e. The molecule has 21 heavy (non-hydrogen) atoms. The topological polar surface area (TPSA) is 59.8 Å². The van der Waals surface area contributed by atoms with Gasteiger partial charge in [0.05, 0.1) is 10.7 Å². The third-order valence-corrected chi connectivity index (χ3v) is 3.55. The number of pyridine rings is 1. The fourth-order valence-corrected chi connectivity index (χ4v) is 2.40. The van der Waals surface area contributed by atoms with Gasteiger partial charge in [0.1, 0.15) is 5.69 Å². The average molecular weight is 305 g/mol. The molecule has 6 heteroatoms. The summed E-state index contributed by atoms with van der Waals surface area (Å²) in [6.45, 7) is 3.93. The Balaban J connectivity index is 2.00. The fourth-order valence-electron chi connectivity index (χ4n) is 2.19. The minimum absolute atomic E-state index is 0.146. The zero-order valence-corrected chi connectivity index (χ0v) is 12.8. The largest absolute Gasteiger partial charge is 0.378 e. The lowest BCUT2D eigenvalue weighted by molar-refractivity contribution is 0.834. The van der Waals surface area contributed by atoms with Crippen molar-refractivity contribution in [3.05, 3.63) is 45.5 Å². The van der Waals surface area contributed by atoms with Crippen LogP contribution < -0.4 is 10.9 Å². The number of nitrogens with zero attached hydrogens (tertiary/aromatic N) is 3. The van der Waals surface area contributed by atoms with E-state index in [1.54, 1.807) is 12.3 Å². The molecule has 1 aliphatic carbocycles. The van der Waals surface area contributed by atoms with Gasteiger partial charge in [0, 0.05) is 18.2 Å². The van der Waals surface area contributed by atoms with E-state index in [-0.39, 0.29) is 11.6 Å². The molecule has 0 saturated heterocycles. The molecule has 2 heterocycles. The molecule has 0 bridgehead atoms. The Morgan fingerprint density at radius 2 is 2.10 bits per heavy atom. The predicted octanol–water partition coefficient (Wildman–Crippen LogP) is 2.98. The van der Waals surface area contributed by atoms with Crippen LogP contribution in [0.4, 0.5) is 5.69 Å². The van der Waals surface area contributed by atoms with Crippen LogP contribution in [0.25, 0.3) is 5.82 Å². The summed E-state index contributed by atoms with van der Waals surface area (Å²) in [5.74, 6) is 1.03. The van der Waals surface area contributed by atoms with Gasteiger partial charge in [0.2, 0.25) is 0 Å². The maximum atomic E-state index is 12.5. The van der Waals surface area contributed by atoms with Crippen molar-refractivity contribution >= 4 is 17.3 Å². The van der Waals surface area contributed by atoms with Gasteiger partial charge in [-0.1, -0.05) is 11.6 Å². The molecule has 0 aromatic carbocycles. The highest BCUT2D eigenvalue weighted by molar-refractivity contribution is 6.30. The van der Waals surface area contributed by atoms with Crippen LogP contribution in [0.5, 0.6) is 0 Å². The van der Waals surface area contributed by atoms with Gasteiger partial charge in [-0.3, -0.25) is 9.36 Å². The summed E-state index contributed by atoms with van der Waals surface area (Å²) in [5, 5.41) is 11.9. The van der Waals surface area contributed by atoms with E-state index in [2.05, 4.69) is 15.5 Å². The van der Waals surface area contributed by atoms with E-state index in [1.807, 2.05) is 26.0 Å². The number of halogens is 1. The Hall–Kier alpha value is -1.88. The molecule has 3 rings (SSSR count).